The summed E-state index contributed by atoms with van der Waals surface area (Å²) < 4.78 is 0. The van der Waals surface area contributed by atoms with Crippen LogP contribution >= 0.6 is 0 Å². The molecule has 1 aliphatic carbocycles. The zero-order valence-electron chi connectivity index (χ0n) is 9.82. The van der Waals surface area contributed by atoms with Crippen molar-refractivity contribution in [1.82, 2.24) is 20.2 Å². The summed E-state index contributed by atoms with van der Waals surface area (Å²) in [7, 11) is 0. The van der Waals surface area contributed by atoms with Crippen LogP contribution in [0.1, 0.15) is 19.8 Å². The minimum atomic E-state index is 0.641. The van der Waals surface area contributed by atoms with Crippen molar-refractivity contribution >= 4 is 22.8 Å². The molecule has 0 unspecified atom stereocenters. The van der Waals surface area contributed by atoms with Crippen molar-refractivity contribution in [2.45, 2.75) is 19.8 Å². The lowest BCUT2D eigenvalue weighted by atomic mass is 10.3. The molecule has 0 aliphatic heterocycles. The van der Waals surface area contributed by atoms with Gasteiger partial charge in [0, 0.05) is 13.1 Å². The Hall–Kier alpha value is -1.85. The van der Waals surface area contributed by atoms with E-state index in [0.717, 1.165) is 35.9 Å². The van der Waals surface area contributed by atoms with Gasteiger partial charge >= 0.3 is 0 Å². The van der Waals surface area contributed by atoms with Crippen LogP contribution in [0.5, 0.6) is 0 Å². The Bertz CT molecular complexity index is 516. The molecule has 90 valence electrons. The Morgan fingerprint density at radius 1 is 1.35 bits per heavy atom. The Labute approximate surface area is 99.2 Å². The predicted molar refractivity (Wildman–Crippen MR) is 67.1 cm³/mol. The Kier molecular flexibility index (Phi) is 2.55. The summed E-state index contributed by atoms with van der Waals surface area (Å²) in [5.74, 6) is 2.32. The smallest absolute Gasteiger partial charge is 0.226 e. The van der Waals surface area contributed by atoms with Crippen molar-refractivity contribution in [2.75, 3.05) is 23.7 Å². The molecule has 1 fully saturated rings. The fourth-order valence-electron chi connectivity index (χ4n) is 1.77. The van der Waals surface area contributed by atoms with Crippen LogP contribution in [0.2, 0.25) is 0 Å². The van der Waals surface area contributed by atoms with Crippen LogP contribution in [0.3, 0.4) is 0 Å². The van der Waals surface area contributed by atoms with Crippen LogP contribution < -0.4 is 10.6 Å². The van der Waals surface area contributed by atoms with Crippen LogP contribution in [-0.2, 0) is 0 Å². The minimum absolute atomic E-state index is 0.641. The van der Waals surface area contributed by atoms with Gasteiger partial charge in [-0.05, 0) is 25.7 Å². The molecule has 0 bridgehead atoms. The summed E-state index contributed by atoms with van der Waals surface area (Å²) in [6, 6.07) is 0. The first-order valence-corrected chi connectivity index (χ1v) is 6.05. The van der Waals surface area contributed by atoms with Crippen LogP contribution in [0.4, 0.5) is 11.8 Å². The molecular formula is C11H16N6. The highest BCUT2D eigenvalue weighted by Crippen LogP contribution is 2.29. The summed E-state index contributed by atoms with van der Waals surface area (Å²) in [4.78, 5) is 8.82. The fraction of sp³-hybridized carbons (Fsp3) is 0.545. The van der Waals surface area contributed by atoms with Gasteiger partial charge in [0.1, 0.15) is 5.82 Å². The quantitative estimate of drug-likeness (QED) is 0.730. The van der Waals surface area contributed by atoms with E-state index in [1.807, 2.05) is 6.92 Å². The van der Waals surface area contributed by atoms with Gasteiger partial charge in [-0.3, -0.25) is 5.10 Å². The average Bonchev–Trinajstić information content (AvgIpc) is 3.03. The van der Waals surface area contributed by atoms with Crippen LogP contribution in [0, 0.1) is 5.92 Å². The number of nitrogens with one attached hydrogen (secondary N) is 3. The lowest BCUT2D eigenvalue weighted by Gasteiger charge is -2.08. The van der Waals surface area contributed by atoms with Gasteiger partial charge in [0.15, 0.2) is 5.65 Å². The number of aromatic amines is 1. The van der Waals surface area contributed by atoms with Crippen molar-refractivity contribution < 1.29 is 0 Å². The molecule has 2 aromatic heterocycles. The largest absolute Gasteiger partial charge is 0.369 e. The van der Waals surface area contributed by atoms with Crippen molar-refractivity contribution in [3.8, 4) is 0 Å². The summed E-state index contributed by atoms with van der Waals surface area (Å²) in [5, 5.41) is 14.3. The predicted octanol–water partition coefficient (Wildman–Crippen LogP) is 1.61. The molecular weight excluding hydrogens is 216 g/mol. The average molecular weight is 232 g/mol. The van der Waals surface area contributed by atoms with Crippen LogP contribution in [0.15, 0.2) is 6.20 Å². The molecule has 0 atom stereocenters. The first-order valence-electron chi connectivity index (χ1n) is 6.05. The molecule has 6 nitrogen and oxygen atoms in total. The maximum absolute atomic E-state index is 4.47. The summed E-state index contributed by atoms with van der Waals surface area (Å²) in [6.45, 7) is 3.82. The van der Waals surface area contributed by atoms with E-state index < -0.39 is 0 Å². The second-order valence-corrected chi connectivity index (χ2v) is 4.38. The molecule has 0 aromatic carbocycles. The van der Waals surface area contributed by atoms with Crippen molar-refractivity contribution in [3.63, 3.8) is 0 Å². The van der Waals surface area contributed by atoms with E-state index >= 15 is 0 Å². The summed E-state index contributed by atoms with van der Waals surface area (Å²) in [6.07, 6.45) is 4.42. The van der Waals surface area contributed by atoms with Gasteiger partial charge < -0.3 is 10.6 Å². The van der Waals surface area contributed by atoms with Crippen molar-refractivity contribution in [1.29, 1.82) is 0 Å². The second-order valence-electron chi connectivity index (χ2n) is 4.38. The molecule has 0 radical (unpaired) electrons. The molecule has 6 heteroatoms. The number of H-pyrrole nitrogens is 1. The number of nitrogens with zero attached hydrogens (tertiary/aromatic N) is 3. The van der Waals surface area contributed by atoms with E-state index in [-0.39, 0.29) is 0 Å². The maximum atomic E-state index is 4.47. The Morgan fingerprint density at radius 3 is 3.00 bits per heavy atom. The van der Waals surface area contributed by atoms with Crippen LogP contribution in [-0.4, -0.2) is 33.3 Å². The lowest BCUT2D eigenvalue weighted by Crippen LogP contribution is -2.09. The normalized spacial score (nSPS) is 15.1. The lowest BCUT2D eigenvalue weighted by molar-refractivity contribution is 0.883. The third-order valence-corrected chi connectivity index (χ3v) is 2.90. The summed E-state index contributed by atoms with van der Waals surface area (Å²) >= 11 is 0. The highest BCUT2D eigenvalue weighted by Gasteiger charge is 2.21. The maximum Gasteiger partial charge on any atom is 0.226 e. The van der Waals surface area contributed by atoms with Gasteiger partial charge in [-0.25, -0.2) is 0 Å². The van der Waals surface area contributed by atoms with E-state index in [4.69, 9.17) is 0 Å². The standard InChI is InChI=1S/C11H16N6/c1-2-12-11-15-9(13-5-7-3-4-7)8-6-14-17-10(8)16-11/h6-7H,2-5H2,1H3,(H3,12,13,14,15,16,17). The fourth-order valence-corrected chi connectivity index (χ4v) is 1.77. The van der Waals surface area contributed by atoms with E-state index in [1.165, 1.54) is 12.8 Å². The first kappa shape index (κ1) is 10.3. The van der Waals surface area contributed by atoms with E-state index in [9.17, 15) is 0 Å². The monoisotopic (exact) mass is 232 g/mol. The van der Waals surface area contributed by atoms with Crippen LogP contribution in [0.25, 0.3) is 11.0 Å². The first-order chi connectivity index (χ1) is 8.36. The highest BCUT2D eigenvalue weighted by molar-refractivity contribution is 5.86. The number of fused-ring (bicyclic) bond motifs is 1. The van der Waals surface area contributed by atoms with Gasteiger partial charge in [-0.1, -0.05) is 0 Å². The minimum Gasteiger partial charge on any atom is -0.369 e. The van der Waals surface area contributed by atoms with Gasteiger partial charge in [0.25, 0.3) is 0 Å². The number of hydrogen-bond donors (Lipinski definition) is 3. The van der Waals surface area contributed by atoms with Gasteiger partial charge in [0.2, 0.25) is 5.95 Å². The molecule has 1 saturated carbocycles. The summed E-state index contributed by atoms with van der Waals surface area (Å²) in [5.41, 5.74) is 0.772. The van der Waals surface area contributed by atoms with Gasteiger partial charge in [0.05, 0.1) is 11.6 Å². The Balaban J connectivity index is 1.90. The van der Waals surface area contributed by atoms with E-state index in [0.29, 0.717) is 5.95 Å². The SMILES string of the molecule is CCNc1nc(NCC2CC2)c2cn[nH]c2n1. The molecule has 17 heavy (non-hydrogen) atoms. The molecule has 0 amide bonds. The zero-order chi connectivity index (χ0) is 11.7. The van der Waals surface area contributed by atoms with Gasteiger partial charge in [-0.15, -0.1) is 0 Å². The molecule has 2 heterocycles. The van der Waals surface area contributed by atoms with E-state index in [2.05, 4.69) is 30.8 Å². The molecule has 3 rings (SSSR count). The molecule has 0 saturated heterocycles. The molecule has 0 spiro atoms. The Morgan fingerprint density at radius 2 is 2.24 bits per heavy atom. The zero-order valence-corrected chi connectivity index (χ0v) is 9.82. The number of aromatic nitrogens is 4. The van der Waals surface area contributed by atoms with E-state index in [1.54, 1.807) is 6.20 Å². The molecule has 3 N–H and O–H groups in total. The van der Waals surface area contributed by atoms with Gasteiger partial charge in [-0.2, -0.15) is 15.1 Å². The number of hydrogen-bond acceptors (Lipinski definition) is 5. The third-order valence-electron chi connectivity index (χ3n) is 2.90. The highest BCUT2D eigenvalue weighted by atomic mass is 15.2. The molecule has 1 aliphatic rings. The number of rotatable bonds is 5. The second kappa shape index (κ2) is 4.20. The van der Waals surface area contributed by atoms with Crippen molar-refractivity contribution in [2.24, 2.45) is 5.92 Å². The topological polar surface area (TPSA) is 78.5 Å². The molecule has 2 aromatic rings. The van der Waals surface area contributed by atoms with Crippen molar-refractivity contribution in [3.05, 3.63) is 6.20 Å². The number of anilines is 2. The third kappa shape index (κ3) is 2.15.